The van der Waals surface area contributed by atoms with E-state index in [1.807, 2.05) is 6.07 Å². The predicted octanol–water partition coefficient (Wildman–Crippen LogP) is 2.91. The van der Waals surface area contributed by atoms with Crippen molar-refractivity contribution in [3.8, 4) is 0 Å². The van der Waals surface area contributed by atoms with Crippen LogP contribution in [0.15, 0.2) is 18.2 Å². The van der Waals surface area contributed by atoms with Crippen molar-refractivity contribution in [2.24, 2.45) is 0 Å². The minimum absolute atomic E-state index is 0.549. The normalized spacial score (nSPS) is 26.2. The molecule has 0 saturated carbocycles. The van der Waals surface area contributed by atoms with Gasteiger partial charge in [0.2, 0.25) is 0 Å². The molecule has 1 atom stereocenters. The monoisotopic (exact) mass is 259 g/mol. The van der Waals surface area contributed by atoms with Crippen molar-refractivity contribution in [2.75, 3.05) is 19.6 Å². The molecule has 1 aromatic carbocycles. The lowest BCUT2D eigenvalue weighted by Gasteiger charge is -2.24. The summed E-state index contributed by atoms with van der Waals surface area (Å²) in [6, 6.07) is 5.28. The van der Waals surface area contributed by atoms with Gasteiger partial charge < -0.3 is 10.0 Å². The van der Waals surface area contributed by atoms with Crippen LogP contribution in [-0.4, -0.2) is 29.6 Å². The zero-order chi connectivity index (χ0) is 11.8. The second-order valence-corrected chi connectivity index (χ2v) is 5.12. The van der Waals surface area contributed by atoms with Gasteiger partial charge in [0.1, 0.15) is 5.60 Å². The number of hydrogen-bond acceptors (Lipinski definition) is 2. The van der Waals surface area contributed by atoms with Gasteiger partial charge >= 0.3 is 0 Å². The summed E-state index contributed by atoms with van der Waals surface area (Å²) in [6.07, 6.45) is 0.724. The molecule has 0 amide bonds. The molecule has 1 N–H and O–H groups in total. The van der Waals surface area contributed by atoms with Crippen molar-refractivity contribution in [1.29, 1.82) is 0 Å². The van der Waals surface area contributed by atoms with Crippen LogP contribution >= 0.6 is 23.2 Å². The summed E-state index contributed by atoms with van der Waals surface area (Å²) in [5.74, 6) is 0. The van der Waals surface area contributed by atoms with Crippen molar-refractivity contribution in [1.82, 2.24) is 4.90 Å². The largest absolute Gasteiger partial charge is 0.384 e. The van der Waals surface area contributed by atoms with E-state index in [1.54, 1.807) is 12.1 Å². The maximum Gasteiger partial charge on any atom is 0.105 e. The topological polar surface area (TPSA) is 23.5 Å². The van der Waals surface area contributed by atoms with Crippen molar-refractivity contribution in [2.45, 2.75) is 18.9 Å². The highest BCUT2D eigenvalue weighted by Gasteiger charge is 2.38. The highest BCUT2D eigenvalue weighted by atomic mass is 35.5. The molecule has 4 heteroatoms. The van der Waals surface area contributed by atoms with Crippen molar-refractivity contribution in [3.05, 3.63) is 33.8 Å². The standard InChI is InChI=1S/C12H15Cl2NO/c1-2-15-6-5-12(16,8-15)10-4-3-9(13)7-11(10)14/h3-4,7,16H,2,5-6,8H2,1H3. The number of benzene rings is 1. The van der Waals surface area contributed by atoms with E-state index in [2.05, 4.69) is 11.8 Å². The van der Waals surface area contributed by atoms with Crippen LogP contribution in [0.4, 0.5) is 0 Å². The molecule has 1 aliphatic heterocycles. The molecule has 1 aromatic rings. The van der Waals surface area contributed by atoms with Crippen molar-refractivity contribution < 1.29 is 5.11 Å². The summed E-state index contributed by atoms with van der Waals surface area (Å²) in [4.78, 5) is 2.21. The molecule has 0 spiro atoms. The van der Waals surface area contributed by atoms with Gasteiger partial charge in [0.25, 0.3) is 0 Å². The van der Waals surface area contributed by atoms with E-state index >= 15 is 0 Å². The molecule has 1 aliphatic rings. The number of likely N-dealkylation sites (N-methyl/N-ethyl adjacent to an activating group) is 1. The Hall–Kier alpha value is -0.280. The fourth-order valence-corrected chi connectivity index (χ4v) is 2.81. The Morgan fingerprint density at radius 2 is 2.19 bits per heavy atom. The van der Waals surface area contributed by atoms with E-state index in [4.69, 9.17) is 23.2 Å². The summed E-state index contributed by atoms with van der Waals surface area (Å²) in [7, 11) is 0. The molecular formula is C12H15Cl2NO. The molecule has 0 aliphatic carbocycles. The summed E-state index contributed by atoms with van der Waals surface area (Å²) in [5, 5.41) is 11.7. The Morgan fingerprint density at radius 1 is 1.44 bits per heavy atom. The third kappa shape index (κ3) is 2.21. The molecule has 1 unspecified atom stereocenters. The summed E-state index contributed by atoms with van der Waals surface area (Å²) in [6.45, 7) is 4.60. The van der Waals surface area contributed by atoms with Gasteiger partial charge in [0, 0.05) is 28.7 Å². The zero-order valence-corrected chi connectivity index (χ0v) is 10.7. The summed E-state index contributed by atoms with van der Waals surface area (Å²) < 4.78 is 0. The third-order valence-corrected chi connectivity index (χ3v) is 3.75. The summed E-state index contributed by atoms with van der Waals surface area (Å²) in [5.41, 5.74) is -0.0352. The van der Waals surface area contributed by atoms with Gasteiger partial charge in [-0.3, -0.25) is 0 Å². The number of hydrogen-bond donors (Lipinski definition) is 1. The fraction of sp³-hybridized carbons (Fsp3) is 0.500. The first-order chi connectivity index (χ1) is 7.55. The van der Waals surface area contributed by atoms with Crippen LogP contribution in [0.3, 0.4) is 0 Å². The van der Waals surface area contributed by atoms with Gasteiger partial charge in [-0.05, 0) is 25.1 Å². The molecule has 2 nitrogen and oxygen atoms in total. The molecule has 1 saturated heterocycles. The molecule has 2 rings (SSSR count). The van der Waals surface area contributed by atoms with Gasteiger partial charge in [-0.15, -0.1) is 0 Å². The zero-order valence-electron chi connectivity index (χ0n) is 9.21. The van der Waals surface area contributed by atoms with E-state index in [0.717, 1.165) is 25.1 Å². The number of nitrogens with zero attached hydrogens (tertiary/aromatic N) is 1. The van der Waals surface area contributed by atoms with E-state index in [1.165, 1.54) is 0 Å². The van der Waals surface area contributed by atoms with Crippen molar-refractivity contribution >= 4 is 23.2 Å². The SMILES string of the molecule is CCN1CCC(O)(c2ccc(Cl)cc2Cl)C1. The average Bonchev–Trinajstić information content (AvgIpc) is 2.61. The molecule has 1 fully saturated rings. The van der Waals surface area contributed by atoms with Crippen molar-refractivity contribution in [3.63, 3.8) is 0 Å². The molecule has 0 aromatic heterocycles. The van der Waals surface area contributed by atoms with E-state index in [-0.39, 0.29) is 0 Å². The molecule has 16 heavy (non-hydrogen) atoms. The number of likely N-dealkylation sites (tertiary alicyclic amines) is 1. The van der Waals surface area contributed by atoms with Gasteiger partial charge in [-0.2, -0.15) is 0 Å². The Morgan fingerprint density at radius 3 is 2.75 bits per heavy atom. The number of rotatable bonds is 2. The number of aliphatic hydroxyl groups is 1. The first-order valence-electron chi connectivity index (χ1n) is 5.45. The van der Waals surface area contributed by atoms with E-state index in [0.29, 0.717) is 16.6 Å². The average molecular weight is 260 g/mol. The lowest BCUT2D eigenvalue weighted by molar-refractivity contribution is 0.0468. The van der Waals surface area contributed by atoms with Crippen LogP contribution in [0.25, 0.3) is 0 Å². The van der Waals surface area contributed by atoms with Crippen LogP contribution < -0.4 is 0 Å². The highest BCUT2D eigenvalue weighted by molar-refractivity contribution is 6.35. The lowest BCUT2D eigenvalue weighted by Crippen LogP contribution is -2.30. The van der Waals surface area contributed by atoms with Crippen LogP contribution in [0.2, 0.25) is 10.0 Å². The minimum Gasteiger partial charge on any atom is -0.384 e. The van der Waals surface area contributed by atoms with Gasteiger partial charge in [0.05, 0.1) is 0 Å². The number of β-amino-alcohol motifs (C(OH)–C–C–N with tert-alkyl or cyclic N) is 1. The second kappa shape index (κ2) is 4.53. The lowest BCUT2D eigenvalue weighted by atomic mass is 9.93. The third-order valence-electron chi connectivity index (χ3n) is 3.21. The van der Waals surface area contributed by atoms with E-state index < -0.39 is 5.60 Å². The predicted molar refractivity (Wildman–Crippen MR) is 67.1 cm³/mol. The van der Waals surface area contributed by atoms with Crippen LogP contribution in [0, 0.1) is 0 Å². The highest BCUT2D eigenvalue weighted by Crippen LogP contribution is 2.36. The first kappa shape index (κ1) is 12.2. The number of halogens is 2. The molecular weight excluding hydrogens is 245 g/mol. The maximum absolute atomic E-state index is 10.6. The second-order valence-electron chi connectivity index (χ2n) is 4.27. The quantitative estimate of drug-likeness (QED) is 0.883. The molecule has 0 radical (unpaired) electrons. The minimum atomic E-state index is -0.822. The Balaban J connectivity index is 2.30. The van der Waals surface area contributed by atoms with Gasteiger partial charge in [-0.25, -0.2) is 0 Å². The molecule has 1 heterocycles. The smallest absolute Gasteiger partial charge is 0.105 e. The Labute approximate surface area is 106 Å². The van der Waals surface area contributed by atoms with Crippen LogP contribution in [-0.2, 0) is 5.60 Å². The van der Waals surface area contributed by atoms with Gasteiger partial charge in [0.15, 0.2) is 0 Å². The Kier molecular flexibility index (Phi) is 3.45. The maximum atomic E-state index is 10.6. The van der Waals surface area contributed by atoms with Crippen LogP contribution in [0.5, 0.6) is 0 Å². The van der Waals surface area contributed by atoms with Crippen LogP contribution in [0.1, 0.15) is 18.9 Å². The Bertz CT molecular complexity index is 397. The molecule has 88 valence electrons. The summed E-state index contributed by atoms with van der Waals surface area (Å²) >= 11 is 12.0. The van der Waals surface area contributed by atoms with Gasteiger partial charge in [-0.1, -0.05) is 36.2 Å². The first-order valence-corrected chi connectivity index (χ1v) is 6.21. The fourth-order valence-electron chi connectivity index (χ4n) is 2.23. The van der Waals surface area contributed by atoms with E-state index in [9.17, 15) is 5.11 Å². The molecule has 0 bridgehead atoms.